The van der Waals surface area contributed by atoms with Gasteiger partial charge in [-0.05, 0) is 55.8 Å². The second-order valence-corrected chi connectivity index (χ2v) is 8.29. The van der Waals surface area contributed by atoms with Gasteiger partial charge in [0.1, 0.15) is 0 Å². The maximum Gasteiger partial charge on any atom is 0.0901 e. The van der Waals surface area contributed by atoms with E-state index < -0.39 is 0 Å². The van der Waals surface area contributed by atoms with Crippen LogP contribution in [0.4, 0.5) is 0 Å². The lowest BCUT2D eigenvalue weighted by Gasteiger charge is -2.31. The molecule has 25 heavy (non-hydrogen) atoms. The first kappa shape index (κ1) is 20.6. The van der Waals surface area contributed by atoms with E-state index in [1.54, 1.807) is 0 Å². The summed E-state index contributed by atoms with van der Waals surface area (Å²) in [6, 6.07) is 0. The van der Waals surface area contributed by atoms with Gasteiger partial charge >= 0.3 is 0 Å². The summed E-state index contributed by atoms with van der Waals surface area (Å²) in [5.74, 6) is 3.56. The zero-order valence-electron chi connectivity index (χ0n) is 16.5. The molecule has 0 aromatic carbocycles. The molecule has 0 aromatic heterocycles. The van der Waals surface area contributed by atoms with Crippen LogP contribution in [0.15, 0.2) is 25.0 Å². The quantitative estimate of drug-likeness (QED) is 0.240. The third-order valence-electron chi connectivity index (χ3n) is 6.27. The molecule has 2 fully saturated rings. The van der Waals surface area contributed by atoms with Crippen molar-refractivity contribution in [1.29, 1.82) is 0 Å². The Morgan fingerprint density at radius 1 is 0.800 bits per heavy atom. The van der Waals surface area contributed by atoms with Gasteiger partial charge in [0.25, 0.3) is 0 Å². The van der Waals surface area contributed by atoms with Gasteiger partial charge in [0.2, 0.25) is 0 Å². The summed E-state index contributed by atoms with van der Waals surface area (Å²) < 4.78 is 11.3. The molecule has 0 radical (unpaired) electrons. The molecule has 0 atom stereocenters. The predicted octanol–water partition coefficient (Wildman–Crippen LogP) is 6.52. The molecule has 2 saturated carbocycles. The Morgan fingerprint density at radius 2 is 1.32 bits per heavy atom. The fourth-order valence-corrected chi connectivity index (χ4v) is 4.52. The van der Waals surface area contributed by atoms with E-state index in [1.807, 2.05) is 12.3 Å². The zero-order chi connectivity index (χ0) is 17.7. The monoisotopic (exact) mass is 348 g/mol. The van der Waals surface area contributed by atoms with Crippen LogP contribution in [0, 0.1) is 23.7 Å². The van der Waals surface area contributed by atoms with E-state index in [-0.39, 0.29) is 0 Å². The second-order valence-electron chi connectivity index (χ2n) is 8.29. The third-order valence-corrected chi connectivity index (χ3v) is 6.27. The van der Waals surface area contributed by atoms with Crippen LogP contribution in [-0.4, -0.2) is 19.8 Å². The van der Waals surface area contributed by atoms with Crippen LogP contribution in [0.1, 0.15) is 77.6 Å². The Hall–Kier alpha value is -0.760. The molecule has 144 valence electrons. The minimum absolute atomic E-state index is 0.711. The molecule has 0 spiro atoms. The van der Waals surface area contributed by atoms with E-state index >= 15 is 0 Å². The average molecular weight is 349 g/mol. The van der Waals surface area contributed by atoms with Gasteiger partial charge in [0.05, 0.1) is 19.5 Å². The number of hydrogen-bond acceptors (Lipinski definition) is 2. The second kappa shape index (κ2) is 12.6. The molecule has 2 heteroatoms. The molecule has 0 bridgehead atoms. The molecular weight excluding hydrogens is 308 g/mol. The molecule has 0 saturated heterocycles. The summed E-state index contributed by atoms with van der Waals surface area (Å²) in [6.07, 6.45) is 21.0. The highest BCUT2D eigenvalue weighted by Crippen LogP contribution is 2.36. The van der Waals surface area contributed by atoms with Gasteiger partial charge in [-0.1, -0.05) is 57.6 Å². The lowest BCUT2D eigenvalue weighted by molar-refractivity contribution is 0.0929. The van der Waals surface area contributed by atoms with Crippen molar-refractivity contribution in [2.45, 2.75) is 77.6 Å². The first-order chi connectivity index (χ1) is 12.3. The highest BCUT2D eigenvalue weighted by atomic mass is 16.5. The average Bonchev–Trinajstić information content (AvgIpc) is 2.66. The van der Waals surface area contributed by atoms with Crippen molar-refractivity contribution < 1.29 is 9.47 Å². The molecule has 0 unspecified atom stereocenters. The fraction of sp³-hybridized carbons (Fsp3) is 0.826. The first-order valence-corrected chi connectivity index (χ1v) is 10.8. The van der Waals surface area contributed by atoms with Crippen LogP contribution in [0.3, 0.4) is 0 Å². The SMILES string of the molecule is C=CCOCC1CCC(CCC2CCC(COC=CCC)CC2)CC1. The maximum atomic E-state index is 5.65. The highest BCUT2D eigenvalue weighted by molar-refractivity contribution is 4.78. The number of ether oxygens (including phenoxy) is 2. The number of allylic oxidation sites excluding steroid dienone is 1. The Morgan fingerprint density at radius 3 is 1.84 bits per heavy atom. The molecule has 0 N–H and O–H groups in total. The smallest absolute Gasteiger partial charge is 0.0901 e. The van der Waals surface area contributed by atoms with Gasteiger partial charge in [-0.3, -0.25) is 0 Å². The van der Waals surface area contributed by atoms with E-state index in [9.17, 15) is 0 Å². The molecule has 0 heterocycles. The van der Waals surface area contributed by atoms with Gasteiger partial charge in [-0.25, -0.2) is 0 Å². The number of rotatable bonds is 11. The summed E-state index contributed by atoms with van der Waals surface area (Å²) in [4.78, 5) is 0. The zero-order valence-corrected chi connectivity index (χ0v) is 16.5. The fourth-order valence-electron chi connectivity index (χ4n) is 4.52. The van der Waals surface area contributed by atoms with Gasteiger partial charge < -0.3 is 9.47 Å². The Kier molecular flexibility index (Phi) is 10.3. The van der Waals surface area contributed by atoms with Crippen LogP contribution in [0.5, 0.6) is 0 Å². The molecule has 2 nitrogen and oxygen atoms in total. The van der Waals surface area contributed by atoms with Gasteiger partial charge in [-0.2, -0.15) is 0 Å². The number of hydrogen-bond donors (Lipinski definition) is 0. The molecule has 2 aliphatic rings. The van der Waals surface area contributed by atoms with Crippen molar-refractivity contribution in [3.63, 3.8) is 0 Å². The Labute approximate surface area is 156 Å². The van der Waals surface area contributed by atoms with Crippen LogP contribution < -0.4 is 0 Å². The topological polar surface area (TPSA) is 18.5 Å². The van der Waals surface area contributed by atoms with Crippen molar-refractivity contribution in [2.75, 3.05) is 19.8 Å². The molecule has 2 rings (SSSR count). The van der Waals surface area contributed by atoms with Gasteiger partial charge in [0.15, 0.2) is 0 Å². The van der Waals surface area contributed by atoms with E-state index in [4.69, 9.17) is 9.47 Å². The standard InChI is InChI=1S/C23H40O2/c1-3-5-17-25-19-23-14-10-21(11-15-23)7-6-20-8-12-22(13-9-20)18-24-16-4-2/h4-5,17,20-23H,2-3,6-16,18-19H2,1H3. The molecule has 0 aliphatic heterocycles. The summed E-state index contributed by atoms with van der Waals surface area (Å²) in [6.45, 7) is 8.45. The minimum Gasteiger partial charge on any atom is -0.501 e. The van der Waals surface area contributed by atoms with E-state index in [0.717, 1.165) is 43.3 Å². The van der Waals surface area contributed by atoms with Crippen molar-refractivity contribution in [3.05, 3.63) is 25.0 Å². The highest BCUT2D eigenvalue weighted by Gasteiger charge is 2.25. The van der Waals surface area contributed by atoms with Crippen molar-refractivity contribution in [3.8, 4) is 0 Å². The van der Waals surface area contributed by atoms with Crippen molar-refractivity contribution >= 4 is 0 Å². The molecular formula is C23H40O2. The van der Waals surface area contributed by atoms with Crippen molar-refractivity contribution in [1.82, 2.24) is 0 Å². The summed E-state index contributed by atoms with van der Waals surface area (Å²) in [5, 5.41) is 0. The summed E-state index contributed by atoms with van der Waals surface area (Å²) in [5.41, 5.74) is 0. The van der Waals surface area contributed by atoms with Crippen LogP contribution >= 0.6 is 0 Å². The lowest BCUT2D eigenvalue weighted by atomic mass is 9.76. The van der Waals surface area contributed by atoms with E-state index in [2.05, 4.69) is 19.6 Å². The Balaban J connectivity index is 1.50. The lowest BCUT2D eigenvalue weighted by Crippen LogP contribution is -2.21. The molecule has 0 aromatic rings. The Bertz CT molecular complexity index is 360. The van der Waals surface area contributed by atoms with Crippen LogP contribution in [0.25, 0.3) is 0 Å². The van der Waals surface area contributed by atoms with Crippen molar-refractivity contribution in [2.24, 2.45) is 23.7 Å². The minimum atomic E-state index is 0.711. The van der Waals surface area contributed by atoms with Gasteiger partial charge in [0, 0.05) is 6.61 Å². The largest absolute Gasteiger partial charge is 0.501 e. The normalized spacial score (nSPS) is 30.4. The van der Waals surface area contributed by atoms with Gasteiger partial charge in [-0.15, -0.1) is 6.58 Å². The molecule has 2 aliphatic carbocycles. The summed E-state index contributed by atoms with van der Waals surface area (Å²) >= 11 is 0. The van der Waals surface area contributed by atoms with E-state index in [1.165, 1.54) is 64.2 Å². The predicted molar refractivity (Wildman–Crippen MR) is 107 cm³/mol. The van der Waals surface area contributed by atoms with Crippen LogP contribution in [-0.2, 0) is 9.47 Å². The van der Waals surface area contributed by atoms with Crippen LogP contribution in [0.2, 0.25) is 0 Å². The first-order valence-electron chi connectivity index (χ1n) is 10.8. The van der Waals surface area contributed by atoms with E-state index in [0.29, 0.717) is 6.61 Å². The molecule has 0 amide bonds. The summed E-state index contributed by atoms with van der Waals surface area (Å²) in [7, 11) is 0. The maximum absolute atomic E-state index is 5.65. The third kappa shape index (κ3) is 8.44.